The van der Waals surface area contributed by atoms with E-state index in [1.807, 2.05) is 0 Å². The number of nitrogens with two attached hydrogens (primary N) is 1. The van der Waals surface area contributed by atoms with Crippen molar-refractivity contribution in [3.63, 3.8) is 0 Å². The molecule has 0 spiro atoms. The van der Waals surface area contributed by atoms with Crippen molar-refractivity contribution in [3.8, 4) is 0 Å². The maximum absolute atomic E-state index is 5.57. The zero-order valence-electron chi connectivity index (χ0n) is 9.86. The van der Waals surface area contributed by atoms with E-state index in [2.05, 4.69) is 38.1 Å². The molecule has 0 fully saturated rings. The van der Waals surface area contributed by atoms with E-state index in [0.29, 0.717) is 5.92 Å². The van der Waals surface area contributed by atoms with Gasteiger partial charge in [-0.1, -0.05) is 31.2 Å². The molecule has 0 aliphatic carbocycles. The summed E-state index contributed by atoms with van der Waals surface area (Å²) in [5, 5.41) is 0. The molecule has 0 aromatic heterocycles. The highest BCUT2D eigenvalue weighted by atomic mass is 16.5. The second-order valence-electron chi connectivity index (χ2n) is 4.03. The van der Waals surface area contributed by atoms with Crippen molar-refractivity contribution in [3.05, 3.63) is 35.4 Å². The minimum atomic E-state index is 0.162. The first-order valence-corrected chi connectivity index (χ1v) is 5.51. The second kappa shape index (κ2) is 5.89. The van der Waals surface area contributed by atoms with Gasteiger partial charge in [-0.05, 0) is 36.9 Å². The Kier molecular flexibility index (Phi) is 4.79. The van der Waals surface area contributed by atoms with Crippen molar-refractivity contribution in [2.75, 3.05) is 13.7 Å². The van der Waals surface area contributed by atoms with Crippen LogP contribution in [0.3, 0.4) is 0 Å². The van der Waals surface area contributed by atoms with Gasteiger partial charge in [-0.2, -0.15) is 0 Å². The van der Waals surface area contributed by atoms with Crippen LogP contribution in [0.4, 0.5) is 0 Å². The maximum Gasteiger partial charge on any atom is 0.0793 e. The number of hydrogen-bond acceptors (Lipinski definition) is 2. The van der Waals surface area contributed by atoms with E-state index >= 15 is 0 Å². The Morgan fingerprint density at radius 3 is 2.53 bits per heavy atom. The molecule has 0 heterocycles. The van der Waals surface area contributed by atoms with Crippen LogP contribution in [0.1, 0.15) is 43.4 Å². The molecule has 84 valence electrons. The van der Waals surface area contributed by atoms with Crippen LogP contribution in [0.25, 0.3) is 0 Å². The van der Waals surface area contributed by atoms with Crippen LogP contribution in [-0.2, 0) is 4.74 Å². The number of ether oxygens (including phenoxy) is 1. The highest BCUT2D eigenvalue weighted by Gasteiger charge is 2.08. The van der Waals surface area contributed by atoms with E-state index in [4.69, 9.17) is 10.5 Å². The van der Waals surface area contributed by atoms with Crippen LogP contribution in [0.5, 0.6) is 0 Å². The highest BCUT2D eigenvalue weighted by Crippen LogP contribution is 2.23. The average Bonchev–Trinajstić information content (AvgIpc) is 2.28. The minimum absolute atomic E-state index is 0.162. The van der Waals surface area contributed by atoms with Gasteiger partial charge in [0.05, 0.1) is 6.10 Å². The lowest BCUT2D eigenvalue weighted by Gasteiger charge is -2.15. The summed E-state index contributed by atoms with van der Waals surface area (Å²) in [4.78, 5) is 0. The summed E-state index contributed by atoms with van der Waals surface area (Å²) in [6, 6.07) is 8.57. The van der Waals surface area contributed by atoms with Gasteiger partial charge in [0, 0.05) is 7.11 Å². The van der Waals surface area contributed by atoms with Gasteiger partial charge in [-0.25, -0.2) is 0 Å². The third kappa shape index (κ3) is 3.33. The van der Waals surface area contributed by atoms with Crippen LogP contribution in [-0.4, -0.2) is 13.7 Å². The molecule has 2 heteroatoms. The zero-order valence-corrected chi connectivity index (χ0v) is 9.86. The number of hydrogen-bond donors (Lipinski definition) is 1. The number of benzene rings is 1. The van der Waals surface area contributed by atoms with Crippen LogP contribution in [0, 0.1) is 0 Å². The molecular weight excluding hydrogens is 186 g/mol. The molecule has 1 aromatic carbocycles. The van der Waals surface area contributed by atoms with Crippen molar-refractivity contribution in [1.29, 1.82) is 0 Å². The predicted octanol–water partition coefficient (Wildman–Crippen LogP) is 2.85. The van der Waals surface area contributed by atoms with Crippen LogP contribution in [0.2, 0.25) is 0 Å². The fraction of sp³-hybridized carbons (Fsp3) is 0.538. The van der Waals surface area contributed by atoms with Gasteiger partial charge >= 0.3 is 0 Å². The van der Waals surface area contributed by atoms with Crippen molar-refractivity contribution >= 4 is 0 Å². The average molecular weight is 207 g/mol. The fourth-order valence-corrected chi connectivity index (χ4v) is 1.67. The summed E-state index contributed by atoms with van der Waals surface area (Å²) in [6.45, 7) is 5.02. The van der Waals surface area contributed by atoms with Gasteiger partial charge in [0.25, 0.3) is 0 Å². The molecule has 2 N–H and O–H groups in total. The molecule has 1 aromatic rings. The van der Waals surface area contributed by atoms with E-state index in [-0.39, 0.29) is 6.10 Å². The van der Waals surface area contributed by atoms with Gasteiger partial charge in [0.15, 0.2) is 0 Å². The first kappa shape index (κ1) is 12.2. The molecule has 2 unspecified atom stereocenters. The standard InChI is InChI=1S/C13H21NO/c1-10(7-8-14)12-5-4-6-13(9-12)11(2)15-3/h4-6,9-11H,7-8,14H2,1-3H3. The van der Waals surface area contributed by atoms with E-state index in [1.54, 1.807) is 7.11 Å². The summed E-state index contributed by atoms with van der Waals surface area (Å²) in [6.07, 6.45) is 1.19. The lowest BCUT2D eigenvalue weighted by Crippen LogP contribution is -2.05. The van der Waals surface area contributed by atoms with Gasteiger partial charge in [0.1, 0.15) is 0 Å². The lowest BCUT2D eigenvalue weighted by molar-refractivity contribution is 0.119. The Bertz CT molecular complexity index is 298. The molecule has 0 amide bonds. The molecule has 15 heavy (non-hydrogen) atoms. The molecule has 1 rings (SSSR count). The highest BCUT2D eigenvalue weighted by molar-refractivity contribution is 5.27. The van der Waals surface area contributed by atoms with Crippen molar-refractivity contribution < 1.29 is 4.74 Å². The smallest absolute Gasteiger partial charge is 0.0793 e. The largest absolute Gasteiger partial charge is 0.377 e. The molecule has 0 aliphatic heterocycles. The van der Waals surface area contributed by atoms with E-state index in [9.17, 15) is 0 Å². The normalized spacial score (nSPS) is 14.9. The van der Waals surface area contributed by atoms with E-state index in [1.165, 1.54) is 11.1 Å². The Morgan fingerprint density at radius 2 is 1.93 bits per heavy atom. The zero-order chi connectivity index (χ0) is 11.3. The van der Waals surface area contributed by atoms with E-state index in [0.717, 1.165) is 13.0 Å². The Morgan fingerprint density at radius 1 is 1.27 bits per heavy atom. The second-order valence-corrected chi connectivity index (χ2v) is 4.03. The molecule has 0 saturated heterocycles. The summed E-state index contributed by atoms with van der Waals surface area (Å²) >= 11 is 0. The molecule has 0 radical (unpaired) electrons. The lowest BCUT2D eigenvalue weighted by atomic mass is 9.95. The third-order valence-corrected chi connectivity index (χ3v) is 2.90. The van der Waals surface area contributed by atoms with Crippen LogP contribution >= 0.6 is 0 Å². The quantitative estimate of drug-likeness (QED) is 0.805. The first-order chi connectivity index (χ1) is 7.19. The summed E-state index contributed by atoms with van der Waals surface area (Å²) in [5.41, 5.74) is 8.15. The molecule has 2 atom stereocenters. The number of rotatable bonds is 5. The van der Waals surface area contributed by atoms with Crippen molar-refractivity contribution in [1.82, 2.24) is 0 Å². The fourth-order valence-electron chi connectivity index (χ4n) is 1.67. The van der Waals surface area contributed by atoms with Crippen LogP contribution < -0.4 is 5.73 Å². The van der Waals surface area contributed by atoms with Gasteiger partial charge in [-0.3, -0.25) is 0 Å². The van der Waals surface area contributed by atoms with Gasteiger partial charge in [0.2, 0.25) is 0 Å². The van der Waals surface area contributed by atoms with Gasteiger partial charge < -0.3 is 10.5 Å². The van der Waals surface area contributed by atoms with Crippen molar-refractivity contribution in [2.24, 2.45) is 5.73 Å². The maximum atomic E-state index is 5.57. The Hall–Kier alpha value is -0.860. The Balaban J connectivity index is 2.82. The molecule has 0 saturated carbocycles. The first-order valence-electron chi connectivity index (χ1n) is 5.51. The minimum Gasteiger partial charge on any atom is -0.377 e. The monoisotopic (exact) mass is 207 g/mol. The van der Waals surface area contributed by atoms with Crippen molar-refractivity contribution in [2.45, 2.75) is 32.3 Å². The van der Waals surface area contributed by atoms with Crippen LogP contribution in [0.15, 0.2) is 24.3 Å². The predicted molar refractivity (Wildman–Crippen MR) is 64.0 cm³/mol. The molecule has 0 bridgehead atoms. The summed E-state index contributed by atoms with van der Waals surface area (Å²) in [5.74, 6) is 0.527. The molecule has 0 aliphatic rings. The third-order valence-electron chi connectivity index (χ3n) is 2.90. The summed E-state index contributed by atoms with van der Waals surface area (Å²) in [7, 11) is 1.74. The number of methoxy groups -OCH3 is 1. The topological polar surface area (TPSA) is 35.2 Å². The Labute approximate surface area is 92.4 Å². The summed E-state index contributed by atoms with van der Waals surface area (Å²) < 4.78 is 5.31. The molecular formula is C13H21NO. The molecule has 2 nitrogen and oxygen atoms in total. The SMILES string of the molecule is COC(C)c1cccc(C(C)CCN)c1. The van der Waals surface area contributed by atoms with E-state index < -0.39 is 0 Å². The van der Waals surface area contributed by atoms with Gasteiger partial charge in [-0.15, -0.1) is 0 Å².